The highest BCUT2D eigenvalue weighted by atomic mass is 19.1. The molecule has 49 heavy (non-hydrogen) atoms. The molecule has 2 saturated carbocycles. The minimum Gasteiger partial charge on any atom is -0.508 e. The van der Waals surface area contributed by atoms with Gasteiger partial charge in [-0.2, -0.15) is 9.97 Å². The molecule has 8 rings (SSSR count). The van der Waals surface area contributed by atoms with Crippen LogP contribution in [0, 0.1) is 35.3 Å². The normalized spacial score (nSPS) is 24.2. The lowest BCUT2D eigenvalue weighted by Gasteiger charge is -2.39. The predicted octanol–water partition coefficient (Wildman–Crippen LogP) is 6.04. The van der Waals surface area contributed by atoms with Crippen LogP contribution in [0.2, 0.25) is 0 Å². The molecule has 2 aromatic heterocycles. The van der Waals surface area contributed by atoms with Crippen LogP contribution >= 0.6 is 0 Å². The number of aromatic hydroxyl groups is 1. The third-order valence-electron chi connectivity index (χ3n) is 11.1. The zero-order chi connectivity index (χ0) is 34.0. The van der Waals surface area contributed by atoms with Gasteiger partial charge in [0.25, 0.3) is 0 Å². The number of piperazine rings is 1. The van der Waals surface area contributed by atoms with Gasteiger partial charge in [-0.15, -0.1) is 6.42 Å². The molecule has 4 aromatic rings. The van der Waals surface area contributed by atoms with E-state index in [4.69, 9.17) is 25.9 Å². The van der Waals surface area contributed by atoms with E-state index in [1.165, 1.54) is 44.2 Å². The Morgan fingerprint density at radius 2 is 1.86 bits per heavy atom. The van der Waals surface area contributed by atoms with Crippen molar-refractivity contribution in [1.29, 1.82) is 0 Å². The molecule has 0 spiro atoms. The molecule has 2 aliphatic carbocycles. The number of pyridine rings is 1. The number of phenols is 1. The van der Waals surface area contributed by atoms with Crippen molar-refractivity contribution in [1.82, 2.24) is 25.2 Å². The summed E-state index contributed by atoms with van der Waals surface area (Å²) in [6.07, 6.45) is 12.3. The minimum absolute atomic E-state index is 0.0261. The molecule has 2 aromatic carbocycles. The van der Waals surface area contributed by atoms with E-state index in [1.807, 2.05) is 0 Å². The molecule has 9 nitrogen and oxygen atoms in total. The quantitative estimate of drug-likeness (QED) is 0.196. The predicted molar refractivity (Wildman–Crippen MR) is 185 cm³/mol. The van der Waals surface area contributed by atoms with Crippen LogP contribution in [0.1, 0.15) is 57.9 Å². The van der Waals surface area contributed by atoms with Crippen LogP contribution in [0.3, 0.4) is 0 Å². The van der Waals surface area contributed by atoms with E-state index < -0.39 is 11.6 Å². The number of nitrogens with zero attached hydrogens (tertiary/aromatic N) is 5. The van der Waals surface area contributed by atoms with Crippen LogP contribution in [0.15, 0.2) is 24.3 Å². The lowest BCUT2D eigenvalue weighted by Crippen LogP contribution is -2.56. The van der Waals surface area contributed by atoms with Gasteiger partial charge in [-0.25, -0.2) is 13.8 Å². The number of piperidine rings is 1. The van der Waals surface area contributed by atoms with Gasteiger partial charge in [0.2, 0.25) is 5.88 Å². The van der Waals surface area contributed by atoms with Gasteiger partial charge in [-0.3, -0.25) is 4.90 Å². The molecule has 2 N–H and O–H groups in total. The van der Waals surface area contributed by atoms with Crippen molar-refractivity contribution in [2.24, 2.45) is 11.3 Å². The summed E-state index contributed by atoms with van der Waals surface area (Å²) in [5.74, 6) is 2.31. The maximum absolute atomic E-state index is 17.2. The van der Waals surface area contributed by atoms with Crippen molar-refractivity contribution in [2.45, 2.75) is 70.5 Å². The Morgan fingerprint density at radius 3 is 2.49 bits per heavy atom. The zero-order valence-corrected chi connectivity index (χ0v) is 28.2. The van der Waals surface area contributed by atoms with Crippen molar-refractivity contribution >= 4 is 27.5 Å². The Kier molecular flexibility index (Phi) is 7.99. The van der Waals surface area contributed by atoms with E-state index in [0.717, 1.165) is 50.7 Å². The van der Waals surface area contributed by atoms with E-state index in [-0.39, 0.29) is 62.9 Å². The molecule has 0 radical (unpaired) electrons. The number of phenolic OH excluding ortho intramolecular Hbond substituents is 1. The number of fused-ring (bicyclic) bond motifs is 3. The van der Waals surface area contributed by atoms with Gasteiger partial charge in [0, 0.05) is 54.1 Å². The zero-order valence-electron chi connectivity index (χ0n) is 28.2. The smallest absolute Gasteiger partial charge is 0.319 e. The fraction of sp³-hybridized carbons (Fsp3) is 0.500. The minimum atomic E-state index is -0.768. The van der Waals surface area contributed by atoms with Crippen molar-refractivity contribution < 1.29 is 23.4 Å². The molecular formula is C38H42F2N6O3. The number of likely N-dealkylation sites (tertiary alicyclic amines) is 1. The molecule has 2 aliphatic heterocycles. The Balaban J connectivity index is 1.27. The van der Waals surface area contributed by atoms with Crippen LogP contribution < -0.4 is 19.7 Å². The lowest BCUT2D eigenvalue weighted by atomic mass is 9.95. The van der Waals surface area contributed by atoms with Crippen LogP contribution in [-0.2, 0) is 0 Å². The highest BCUT2D eigenvalue weighted by Crippen LogP contribution is 2.52. The van der Waals surface area contributed by atoms with Gasteiger partial charge in [-0.1, -0.05) is 25.8 Å². The second-order valence-electron chi connectivity index (χ2n) is 14.4. The Hall–Kier alpha value is -4.27. The summed E-state index contributed by atoms with van der Waals surface area (Å²) < 4.78 is 44.4. The molecule has 0 bridgehead atoms. The molecule has 4 aliphatic rings. The fourth-order valence-corrected chi connectivity index (χ4v) is 8.04. The van der Waals surface area contributed by atoms with Crippen molar-refractivity contribution in [3.8, 4) is 41.2 Å². The highest BCUT2D eigenvalue weighted by molar-refractivity contribution is 6.04. The molecule has 4 fully saturated rings. The first kappa shape index (κ1) is 32.0. The van der Waals surface area contributed by atoms with E-state index in [9.17, 15) is 9.50 Å². The summed E-state index contributed by atoms with van der Waals surface area (Å²) in [7, 11) is 1.46. The molecule has 256 valence electrons. The number of nitrogens with one attached hydrogen (secondary N) is 1. The van der Waals surface area contributed by atoms with Crippen LogP contribution in [-0.4, -0.2) is 83.0 Å². The number of halogens is 2. The first-order valence-corrected chi connectivity index (χ1v) is 17.5. The molecule has 11 heteroatoms. The molecular weight excluding hydrogens is 626 g/mol. The summed E-state index contributed by atoms with van der Waals surface area (Å²) in [6.45, 7) is 8.16. The van der Waals surface area contributed by atoms with Gasteiger partial charge < -0.3 is 24.8 Å². The average molecular weight is 669 g/mol. The molecule has 4 atom stereocenters. The topological polar surface area (TPSA) is 95.9 Å². The van der Waals surface area contributed by atoms with Crippen molar-refractivity contribution in [3.05, 3.63) is 41.5 Å². The van der Waals surface area contributed by atoms with Crippen molar-refractivity contribution in [2.75, 3.05) is 44.8 Å². The number of methoxy groups -OCH3 is 1. The first-order chi connectivity index (χ1) is 23.7. The van der Waals surface area contributed by atoms with Gasteiger partial charge >= 0.3 is 6.01 Å². The molecule has 4 heterocycles. The number of ether oxygens (including phenoxy) is 2. The molecule has 4 unspecified atom stereocenters. The van der Waals surface area contributed by atoms with Gasteiger partial charge in [0.05, 0.1) is 19.3 Å². The summed E-state index contributed by atoms with van der Waals surface area (Å²) in [5, 5.41) is 15.4. The highest BCUT2D eigenvalue weighted by Gasteiger charge is 2.52. The monoisotopic (exact) mass is 668 g/mol. The number of rotatable bonds is 10. The summed E-state index contributed by atoms with van der Waals surface area (Å²) in [5.41, 5.74) is -0.0818. The number of hydrogen-bond acceptors (Lipinski definition) is 9. The summed E-state index contributed by atoms with van der Waals surface area (Å²) >= 11 is 0. The summed E-state index contributed by atoms with van der Waals surface area (Å²) in [4.78, 5) is 19.0. The van der Waals surface area contributed by atoms with E-state index in [1.54, 1.807) is 0 Å². The number of hydrogen-bond donors (Lipinski definition) is 2. The Labute approximate surface area is 285 Å². The maximum atomic E-state index is 17.2. The number of benzene rings is 2. The average Bonchev–Trinajstić information content (AvgIpc) is 4.04. The second-order valence-corrected chi connectivity index (χ2v) is 14.4. The second kappa shape index (κ2) is 12.3. The fourth-order valence-electron chi connectivity index (χ4n) is 8.04. The Morgan fingerprint density at radius 1 is 1.08 bits per heavy atom. The van der Waals surface area contributed by atoms with Crippen LogP contribution in [0.4, 0.5) is 14.6 Å². The SMILES string of the molecule is C#Cc1c(F)ccc2cc(O)cc(-c3nc(OC)c4c(N5CC(CC)NC(CC)C5)nc(OCC5(CN6CCC7CC76)CC5)nc4c3F)c12. The van der Waals surface area contributed by atoms with E-state index in [2.05, 4.69) is 39.9 Å². The largest absolute Gasteiger partial charge is 0.508 e. The Bertz CT molecular complexity index is 1980. The maximum Gasteiger partial charge on any atom is 0.319 e. The standard InChI is InChI=1S/C38H42F2N6O3/c1-5-23-17-46(18-24(6-2)41-23)35-31-34(43-37(44-35)49-20-38(11-12-38)19-45-13-10-21-15-29(21)45)32(40)33(42-36(31)48-4)27-16-25(47)14-22-8-9-28(39)26(7-3)30(22)27/h3,8-9,14,16,21,23-24,29,41,47H,5-6,10-13,15,17-20H2,1-2,4H3. The van der Waals surface area contributed by atoms with Gasteiger partial charge in [0.1, 0.15) is 34.0 Å². The van der Waals surface area contributed by atoms with Gasteiger partial charge in [-0.05, 0) is 74.6 Å². The number of aromatic nitrogens is 3. The lowest BCUT2D eigenvalue weighted by molar-refractivity contribution is 0.160. The molecule has 0 amide bonds. The first-order valence-electron chi connectivity index (χ1n) is 17.5. The van der Waals surface area contributed by atoms with E-state index >= 15 is 4.39 Å². The third-order valence-corrected chi connectivity index (χ3v) is 11.1. The van der Waals surface area contributed by atoms with E-state index in [0.29, 0.717) is 36.3 Å². The van der Waals surface area contributed by atoms with Crippen molar-refractivity contribution in [3.63, 3.8) is 0 Å². The van der Waals surface area contributed by atoms with Gasteiger partial charge in [0.15, 0.2) is 5.82 Å². The third kappa shape index (κ3) is 5.69. The number of anilines is 1. The summed E-state index contributed by atoms with van der Waals surface area (Å²) in [6, 6.07) is 6.74. The number of terminal acetylenes is 1. The van der Waals surface area contributed by atoms with Crippen LogP contribution in [0.25, 0.3) is 32.9 Å². The van der Waals surface area contributed by atoms with Crippen LogP contribution in [0.5, 0.6) is 17.6 Å². The molecule has 2 saturated heterocycles.